The summed E-state index contributed by atoms with van der Waals surface area (Å²) in [4.78, 5) is 4.22. The van der Waals surface area contributed by atoms with Gasteiger partial charge in [-0.15, -0.1) is 11.6 Å². The van der Waals surface area contributed by atoms with Crippen LogP contribution in [0.1, 0.15) is 5.56 Å². The molecule has 0 spiro atoms. The molecule has 3 nitrogen and oxygen atoms in total. The fourth-order valence-electron chi connectivity index (χ4n) is 1.16. The van der Waals surface area contributed by atoms with Gasteiger partial charge in [0.05, 0.1) is 12.6 Å². The lowest BCUT2D eigenvalue weighted by atomic mass is 10.2. The molecule has 1 aromatic rings. The van der Waals surface area contributed by atoms with Crippen molar-refractivity contribution in [3.63, 3.8) is 0 Å². The summed E-state index contributed by atoms with van der Waals surface area (Å²) in [6.45, 7) is 2.59. The molecular weight excluding hydrogens is 200 g/mol. The molecule has 1 aromatic heterocycles. The lowest BCUT2D eigenvalue weighted by Gasteiger charge is -2.16. The smallest absolute Gasteiger partial charge is 0.129 e. The van der Waals surface area contributed by atoms with E-state index in [0.29, 0.717) is 12.5 Å². The average molecular weight is 215 g/mol. The Labute approximate surface area is 89.4 Å². The molecule has 0 aliphatic carbocycles. The highest BCUT2D eigenvalue weighted by Crippen LogP contribution is 2.11. The third kappa shape index (κ3) is 3.16. The number of nitrogens with one attached hydrogen (secondary N) is 1. The number of nitrogens with zero attached hydrogens (tertiary/aromatic N) is 1. The number of hydrogen-bond donors (Lipinski definition) is 1. The van der Waals surface area contributed by atoms with E-state index >= 15 is 0 Å². The second-order valence-electron chi connectivity index (χ2n) is 3.12. The van der Waals surface area contributed by atoms with Gasteiger partial charge in [-0.3, -0.25) is 0 Å². The van der Waals surface area contributed by atoms with Gasteiger partial charge < -0.3 is 10.1 Å². The number of rotatable bonds is 5. The first kappa shape index (κ1) is 11.3. The molecular formula is C10H15ClN2O. The summed E-state index contributed by atoms with van der Waals surface area (Å²) in [5.74, 6) is 1.37. The molecule has 0 aromatic carbocycles. The Balaban J connectivity index is 2.62. The van der Waals surface area contributed by atoms with Crippen LogP contribution in [0.2, 0.25) is 0 Å². The third-order valence-electron chi connectivity index (χ3n) is 1.90. The molecule has 14 heavy (non-hydrogen) atoms. The van der Waals surface area contributed by atoms with Gasteiger partial charge in [-0.1, -0.05) is 6.07 Å². The van der Waals surface area contributed by atoms with Crippen LogP contribution in [0.15, 0.2) is 18.3 Å². The first-order chi connectivity index (χ1) is 6.77. The molecule has 0 amide bonds. The van der Waals surface area contributed by atoms with E-state index in [2.05, 4.69) is 10.3 Å². The molecule has 1 atom stereocenters. The van der Waals surface area contributed by atoms with E-state index in [1.54, 1.807) is 13.3 Å². The quantitative estimate of drug-likeness (QED) is 0.762. The summed E-state index contributed by atoms with van der Waals surface area (Å²) in [5, 5.41) is 3.23. The van der Waals surface area contributed by atoms with Gasteiger partial charge in [0.15, 0.2) is 0 Å². The average Bonchev–Trinajstić information content (AvgIpc) is 2.20. The maximum Gasteiger partial charge on any atom is 0.129 e. The van der Waals surface area contributed by atoms with Crippen LogP contribution in [0, 0.1) is 6.92 Å². The Morgan fingerprint density at radius 3 is 3.00 bits per heavy atom. The number of methoxy groups -OCH3 is 1. The predicted molar refractivity (Wildman–Crippen MR) is 59.0 cm³/mol. The van der Waals surface area contributed by atoms with Crippen LogP contribution in [0.4, 0.5) is 5.82 Å². The highest BCUT2D eigenvalue weighted by molar-refractivity contribution is 6.18. The minimum absolute atomic E-state index is 0.107. The zero-order valence-corrected chi connectivity index (χ0v) is 9.21. The van der Waals surface area contributed by atoms with Crippen molar-refractivity contribution in [3.8, 4) is 0 Å². The van der Waals surface area contributed by atoms with E-state index in [-0.39, 0.29) is 6.04 Å². The van der Waals surface area contributed by atoms with Crippen LogP contribution in [0.5, 0.6) is 0 Å². The summed E-state index contributed by atoms with van der Waals surface area (Å²) in [5.41, 5.74) is 1.11. The number of aryl methyl sites for hydroxylation is 1. The minimum atomic E-state index is 0.107. The van der Waals surface area contributed by atoms with E-state index in [1.165, 1.54) is 0 Å². The lowest BCUT2D eigenvalue weighted by molar-refractivity contribution is 0.191. The van der Waals surface area contributed by atoms with Crippen LogP contribution < -0.4 is 5.32 Å². The zero-order valence-electron chi connectivity index (χ0n) is 8.46. The Morgan fingerprint density at radius 2 is 2.43 bits per heavy atom. The summed E-state index contributed by atoms with van der Waals surface area (Å²) < 4.78 is 5.03. The molecule has 0 aliphatic rings. The van der Waals surface area contributed by atoms with Gasteiger partial charge in [-0.2, -0.15) is 0 Å². The second-order valence-corrected chi connectivity index (χ2v) is 3.43. The van der Waals surface area contributed by atoms with Gasteiger partial charge >= 0.3 is 0 Å². The summed E-state index contributed by atoms with van der Waals surface area (Å²) in [6, 6.07) is 4.02. The van der Waals surface area contributed by atoms with E-state index < -0.39 is 0 Å². The predicted octanol–water partition coefficient (Wildman–Crippen LogP) is 2.06. The first-order valence-corrected chi connectivity index (χ1v) is 5.04. The fourth-order valence-corrected chi connectivity index (χ4v) is 1.32. The molecule has 4 heteroatoms. The van der Waals surface area contributed by atoms with E-state index in [4.69, 9.17) is 16.3 Å². The number of anilines is 1. The molecule has 1 heterocycles. The molecule has 0 saturated heterocycles. The Morgan fingerprint density at radius 1 is 1.64 bits per heavy atom. The van der Waals surface area contributed by atoms with E-state index in [1.807, 2.05) is 19.1 Å². The molecule has 1 unspecified atom stereocenters. The van der Waals surface area contributed by atoms with Crippen molar-refractivity contribution in [3.05, 3.63) is 23.9 Å². The normalized spacial score (nSPS) is 12.5. The van der Waals surface area contributed by atoms with Crippen LogP contribution >= 0.6 is 11.6 Å². The van der Waals surface area contributed by atoms with Crippen molar-refractivity contribution >= 4 is 17.4 Å². The van der Waals surface area contributed by atoms with Crippen LogP contribution in [-0.4, -0.2) is 30.6 Å². The highest BCUT2D eigenvalue weighted by Gasteiger charge is 2.08. The number of aromatic nitrogens is 1. The topological polar surface area (TPSA) is 34.1 Å². The molecule has 0 bridgehead atoms. The Bertz CT molecular complexity index is 281. The Hall–Kier alpha value is -0.800. The van der Waals surface area contributed by atoms with Crippen molar-refractivity contribution < 1.29 is 4.74 Å². The SMILES string of the molecule is COCC(CCl)Nc1ncccc1C. The van der Waals surface area contributed by atoms with Crippen LogP contribution in [0.3, 0.4) is 0 Å². The number of hydrogen-bond acceptors (Lipinski definition) is 3. The molecule has 1 N–H and O–H groups in total. The second kappa shape index (κ2) is 5.83. The zero-order chi connectivity index (χ0) is 10.4. The van der Waals surface area contributed by atoms with E-state index in [9.17, 15) is 0 Å². The summed E-state index contributed by atoms with van der Waals surface area (Å²) >= 11 is 5.78. The molecule has 0 radical (unpaired) electrons. The van der Waals surface area contributed by atoms with Gasteiger partial charge in [0.1, 0.15) is 5.82 Å². The maximum absolute atomic E-state index is 5.78. The van der Waals surface area contributed by atoms with Gasteiger partial charge in [0.25, 0.3) is 0 Å². The number of ether oxygens (including phenoxy) is 1. The molecule has 0 saturated carbocycles. The minimum Gasteiger partial charge on any atom is -0.383 e. The summed E-state index contributed by atoms with van der Waals surface area (Å²) in [6.07, 6.45) is 1.76. The van der Waals surface area contributed by atoms with Crippen molar-refractivity contribution in [1.82, 2.24) is 4.98 Å². The number of pyridine rings is 1. The molecule has 0 aliphatic heterocycles. The lowest BCUT2D eigenvalue weighted by Crippen LogP contribution is -2.27. The van der Waals surface area contributed by atoms with Gasteiger partial charge in [-0.05, 0) is 18.6 Å². The highest BCUT2D eigenvalue weighted by atomic mass is 35.5. The third-order valence-corrected chi connectivity index (χ3v) is 2.28. The van der Waals surface area contributed by atoms with E-state index in [0.717, 1.165) is 11.4 Å². The Kier molecular flexibility index (Phi) is 4.70. The fraction of sp³-hybridized carbons (Fsp3) is 0.500. The van der Waals surface area contributed by atoms with Gasteiger partial charge in [0.2, 0.25) is 0 Å². The summed E-state index contributed by atoms with van der Waals surface area (Å²) in [7, 11) is 1.66. The number of halogens is 1. The van der Waals surface area contributed by atoms with Gasteiger partial charge in [-0.25, -0.2) is 4.98 Å². The van der Waals surface area contributed by atoms with Crippen molar-refractivity contribution in [2.24, 2.45) is 0 Å². The molecule has 1 rings (SSSR count). The van der Waals surface area contributed by atoms with Gasteiger partial charge in [0, 0.05) is 19.2 Å². The van der Waals surface area contributed by atoms with Crippen molar-refractivity contribution in [2.75, 3.05) is 24.9 Å². The monoisotopic (exact) mass is 214 g/mol. The van der Waals surface area contributed by atoms with Crippen molar-refractivity contribution in [1.29, 1.82) is 0 Å². The van der Waals surface area contributed by atoms with Crippen LogP contribution in [-0.2, 0) is 4.74 Å². The first-order valence-electron chi connectivity index (χ1n) is 4.51. The number of alkyl halides is 1. The van der Waals surface area contributed by atoms with Crippen LogP contribution in [0.25, 0.3) is 0 Å². The standard InChI is InChI=1S/C10H15ClN2O/c1-8-4-3-5-12-10(8)13-9(6-11)7-14-2/h3-5,9H,6-7H2,1-2H3,(H,12,13). The molecule has 78 valence electrons. The molecule has 0 fully saturated rings. The maximum atomic E-state index is 5.78. The van der Waals surface area contributed by atoms with Crippen molar-refractivity contribution in [2.45, 2.75) is 13.0 Å². The largest absolute Gasteiger partial charge is 0.383 e.